The van der Waals surface area contributed by atoms with Gasteiger partial charge in [-0.05, 0) is 44.0 Å². The lowest BCUT2D eigenvalue weighted by atomic mass is 10.1. The fraction of sp³-hybridized carbons (Fsp3) is 0.286. The molecular weight excluding hydrogens is 356 g/mol. The Morgan fingerprint density at radius 1 is 0.857 bits per heavy atom. The molecule has 0 saturated carbocycles. The Morgan fingerprint density at radius 2 is 1.57 bits per heavy atom. The van der Waals surface area contributed by atoms with Crippen molar-refractivity contribution in [1.29, 1.82) is 0 Å². The summed E-state index contributed by atoms with van der Waals surface area (Å²) in [4.78, 5) is 35.7. The zero-order valence-corrected chi connectivity index (χ0v) is 16.4. The van der Waals surface area contributed by atoms with E-state index in [1.807, 2.05) is 51.1 Å². The van der Waals surface area contributed by atoms with Crippen LogP contribution in [0.15, 0.2) is 42.5 Å². The number of carbonyl (C=O) groups is 3. The van der Waals surface area contributed by atoms with Gasteiger partial charge in [-0.2, -0.15) is 0 Å². The van der Waals surface area contributed by atoms with Crippen LogP contribution in [0.4, 0.5) is 5.69 Å². The van der Waals surface area contributed by atoms with E-state index in [1.165, 1.54) is 0 Å². The predicted octanol–water partition coefficient (Wildman–Crippen LogP) is 1.99. The van der Waals surface area contributed by atoms with Crippen LogP contribution in [-0.4, -0.2) is 30.8 Å². The van der Waals surface area contributed by atoms with Crippen molar-refractivity contribution in [3.63, 3.8) is 0 Å². The number of amides is 3. The summed E-state index contributed by atoms with van der Waals surface area (Å²) < 4.78 is 0. The largest absolute Gasteiger partial charge is 0.376 e. The molecule has 0 radical (unpaired) electrons. The monoisotopic (exact) mass is 382 g/mol. The molecule has 0 aliphatic rings. The first-order chi connectivity index (χ1) is 13.4. The van der Waals surface area contributed by atoms with Gasteiger partial charge in [0.2, 0.25) is 5.91 Å². The number of hydrazine groups is 1. The van der Waals surface area contributed by atoms with E-state index < -0.39 is 0 Å². The average Bonchev–Trinajstić information content (AvgIpc) is 2.66. The molecule has 0 bridgehead atoms. The molecule has 0 unspecified atom stereocenters. The summed E-state index contributed by atoms with van der Waals surface area (Å²) in [6.07, 6.45) is 0.0579. The summed E-state index contributed by atoms with van der Waals surface area (Å²) in [5.41, 5.74) is 9.19. The zero-order valence-electron chi connectivity index (χ0n) is 16.4. The predicted molar refractivity (Wildman–Crippen MR) is 109 cm³/mol. The second kappa shape index (κ2) is 10.1. The summed E-state index contributed by atoms with van der Waals surface area (Å²) in [7, 11) is 0. The molecule has 2 aromatic carbocycles. The molecule has 0 aromatic heterocycles. The maximum absolute atomic E-state index is 12.1. The lowest BCUT2D eigenvalue weighted by Crippen LogP contribution is -2.45. The number of anilines is 1. The number of nitrogens with one attached hydrogen (secondary N) is 4. The number of aryl methyl sites for hydroxylation is 3. The Bertz CT molecular complexity index is 864. The second-order valence-electron chi connectivity index (χ2n) is 6.59. The number of hydrogen-bond acceptors (Lipinski definition) is 4. The highest BCUT2D eigenvalue weighted by atomic mass is 16.2. The molecule has 0 heterocycles. The first kappa shape index (κ1) is 21.0. The highest BCUT2D eigenvalue weighted by molar-refractivity contribution is 5.95. The van der Waals surface area contributed by atoms with Gasteiger partial charge in [0.15, 0.2) is 0 Å². The fourth-order valence-electron chi connectivity index (χ4n) is 2.65. The van der Waals surface area contributed by atoms with Crippen LogP contribution in [0, 0.1) is 20.8 Å². The smallest absolute Gasteiger partial charge is 0.257 e. The molecule has 2 aromatic rings. The molecule has 148 valence electrons. The molecule has 0 fully saturated rings. The maximum atomic E-state index is 12.1. The maximum Gasteiger partial charge on any atom is 0.257 e. The normalized spacial score (nSPS) is 10.1. The van der Waals surface area contributed by atoms with Gasteiger partial charge in [-0.15, -0.1) is 0 Å². The molecule has 2 rings (SSSR count). The van der Waals surface area contributed by atoms with E-state index in [9.17, 15) is 14.4 Å². The van der Waals surface area contributed by atoms with Crippen molar-refractivity contribution in [3.8, 4) is 0 Å². The van der Waals surface area contributed by atoms with Crippen molar-refractivity contribution in [3.05, 3.63) is 64.7 Å². The summed E-state index contributed by atoms with van der Waals surface area (Å²) in [5.74, 6) is -0.977. The van der Waals surface area contributed by atoms with Crippen LogP contribution < -0.4 is 21.5 Å². The third-order valence-electron chi connectivity index (χ3n) is 4.19. The first-order valence-corrected chi connectivity index (χ1v) is 9.09. The van der Waals surface area contributed by atoms with E-state index in [0.29, 0.717) is 5.56 Å². The number of benzene rings is 2. The van der Waals surface area contributed by atoms with Gasteiger partial charge in [-0.1, -0.05) is 35.9 Å². The van der Waals surface area contributed by atoms with E-state index in [-0.39, 0.29) is 37.2 Å². The Morgan fingerprint density at radius 3 is 2.29 bits per heavy atom. The van der Waals surface area contributed by atoms with E-state index in [1.54, 1.807) is 12.1 Å². The molecule has 7 heteroatoms. The molecule has 0 atom stereocenters. The molecule has 7 nitrogen and oxygen atoms in total. The fourth-order valence-corrected chi connectivity index (χ4v) is 2.65. The van der Waals surface area contributed by atoms with Gasteiger partial charge < -0.3 is 10.6 Å². The van der Waals surface area contributed by atoms with Crippen LogP contribution in [0.5, 0.6) is 0 Å². The molecule has 3 amide bonds. The topological polar surface area (TPSA) is 99.3 Å². The highest BCUT2D eigenvalue weighted by Crippen LogP contribution is 2.15. The Kier molecular flexibility index (Phi) is 7.56. The molecule has 0 aliphatic carbocycles. The number of carbonyl (C=O) groups excluding carboxylic acids is 3. The molecule has 28 heavy (non-hydrogen) atoms. The summed E-state index contributed by atoms with van der Waals surface area (Å²) in [5, 5.41) is 5.72. The van der Waals surface area contributed by atoms with Crippen LogP contribution in [-0.2, 0) is 9.59 Å². The van der Waals surface area contributed by atoms with Crippen molar-refractivity contribution in [2.75, 3.05) is 18.4 Å². The lowest BCUT2D eigenvalue weighted by Gasteiger charge is -2.11. The second-order valence-corrected chi connectivity index (χ2v) is 6.59. The van der Waals surface area contributed by atoms with Gasteiger partial charge in [-0.25, -0.2) is 0 Å². The van der Waals surface area contributed by atoms with E-state index in [2.05, 4.69) is 21.5 Å². The zero-order chi connectivity index (χ0) is 20.5. The van der Waals surface area contributed by atoms with Gasteiger partial charge in [0.25, 0.3) is 11.8 Å². The third kappa shape index (κ3) is 6.42. The Labute approximate surface area is 164 Å². The number of hydrogen-bond donors (Lipinski definition) is 4. The van der Waals surface area contributed by atoms with Crippen LogP contribution in [0.25, 0.3) is 0 Å². The van der Waals surface area contributed by atoms with Crippen LogP contribution >= 0.6 is 0 Å². The van der Waals surface area contributed by atoms with E-state index in [4.69, 9.17) is 0 Å². The van der Waals surface area contributed by atoms with Gasteiger partial charge in [0, 0.05) is 24.2 Å². The lowest BCUT2D eigenvalue weighted by molar-refractivity contribution is -0.127. The van der Waals surface area contributed by atoms with Crippen LogP contribution in [0.3, 0.4) is 0 Å². The summed E-state index contributed by atoms with van der Waals surface area (Å²) in [6.45, 7) is 6.02. The minimum atomic E-state index is -0.384. The minimum absolute atomic E-state index is 0.0359. The Hall–Kier alpha value is -3.35. The summed E-state index contributed by atoms with van der Waals surface area (Å²) in [6, 6.07) is 13.1. The van der Waals surface area contributed by atoms with Crippen LogP contribution in [0.1, 0.15) is 33.5 Å². The highest BCUT2D eigenvalue weighted by Gasteiger charge is 2.09. The molecule has 0 saturated heterocycles. The molecule has 4 N–H and O–H groups in total. The number of rotatable bonds is 7. The average molecular weight is 382 g/mol. The quantitative estimate of drug-likeness (QED) is 0.550. The first-order valence-electron chi connectivity index (χ1n) is 9.09. The molecule has 0 aliphatic heterocycles. The minimum Gasteiger partial charge on any atom is -0.376 e. The van der Waals surface area contributed by atoms with E-state index >= 15 is 0 Å². The van der Waals surface area contributed by atoms with Crippen molar-refractivity contribution in [2.45, 2.75) is 27.2 Å². The Balaban J connectivity index is 1.65. The van der Waals surface area contributed by atoms with Crippen molar-refractivity contribution < 1.29 is 14.4 Å². The SMILES string of the molecule is Cc1ccc(NCC(=O)NNC(=O)CCNC(=O)c2ccccc2C)c(C)c1. The van der Waals surface area contributed by atoms with Gasteiger partial charge >= 0.3 is 0 Å². The third-order valence-corrected chi connectivity index (χ3v) is 4.19. The summed E-state index contributed by atoms with van der Waals surface area (Å²) >= 11 is 0. The van der Waals surface area contributed by atoms with E-state index in [0.717, 1.165) is 22.4 Å². The van der Waals surface area contributed by atoms with Crippen molar-refractivity contribution >= 4 is 23.4 Å². The standard InChI is InChI=1S/C21H26N4O3/c1-14-8-9-18(16(3)12-14)23-13-20(27)25-24-19(26)10-11-22-21(28)17-7-5-4-6-15(17)2/h4-9,12,23H,10-11,13H2,1-3H3,(H,22,28)(H,24,26)(H,25,27). The van der Waals surface area contributed by atoms with Crippen molar-refractivity contribution in [2.24, 2.45) is 0 Å². The van der Waals surface area contributed by atoms with Crippen molar-refractivity contribution in [1.82, 2.24) is 16.2 Å². The van der Waals surface area contributed by atoms with Gasteiger partial charge in [0.1, 0.15) is 0 Å². The molecular formula is C21H26N4O3. The van der Waals surface area contributed by atoms with Gasteiger partial charge in [0.05, 0.1) is 6.54 Å². The van der Waals surface area contributed by atoms with Gasteiger partial charge in [-0.3, -0.25) is 25.2 Å². The van der Waals surface area contributed by atoms with Crippen LogP contribution in [0.2, 0.25) is 0 Å². The molecule has 0 spiro atoms.